The molecular formula is C11H16OS. The molecule has 1 nitrogen and oxygen atoms in total. The first-order valence-electron chi connectivity index (χ1n) is 4.06. The van der Waals surface area contributed by atoms with Crippen LogP contribution in [0.3, 0.4) is 0 Å². The molecular weight excluding hydrogens is 180 g/mol. The van der Waals surface area contributed by atoms with Crippen LogP contribution in [0.5, 0.6) is 0 Å². The molecule has 1 aromatic rings. The average Bonchev–Trinajstić information content (AvgIpc) is 2.12. The molecule has 0 unspecified atom stereocenters. The lowest BCUT2D eigenvalue weighted by Crippen LogP contribution is -1.77. The maximum Gasteiger partial charge on any atom is 0.00457 e. The molecule has 0 amide bonds. The van der Waals surface area contributed by atoms with E-state index in [9.17, 15) is 0 Å². The molecule has 0 saturated heterocycles. The molecule has 1 heterocycles. The van der Waals surface area contributed by atoms with Crippen molar-refractivity contribution in [1.82, 2.24) is 0 Å². The highest BCUT2D eigenvalue weighted by Gasteiger charge is 1.90. The van der Waals surface area contributed by atoms with Crippen LogP contribution in [-0.4, -0.2) is 5.48 Å². The van der Waals surface area contributed by atoms with Crippen molar-refractivity contribution in [1.29, 1.82) is 0 Å². The molecule has 0 aromatic carbocycles. The Bertz CT molecular complexity index is 284. The maximum atomic E-state index is 2.17. The van der Waals surface area contributed by atoms with Gasteiger partial charge in [-0.25, -0.2) is 0 Å². The second-order valence-electron chi connectivity index (χ2n) is 2.86. The minimum atomic E-state index is 0. The van der Waals surface area contributed by atoms with E-state index in [0.29, 0.717) is 0 Å². The zero-order valence-corrected chi connectivity index (χ0v) is 9.11. The van der Waals surface area contributed by atoms with Crippen molar-refractivity contribution < 1.29 is 5.48 Å². The molecule has 2 N–H and O–H groups in total. The van der Waals surface area contributed by atoms with Crippen LogP contribution in [0.2, 0.25) is 0 Å². The van der Waals surface area contributed by atoms with Gasteiger partial charge >= 0.3 is 0 Å². The molecule has 13 heavy (non-hydrogen) atoms. The molecule has 0 spiro atoms. The Morgan fingerprint density at radius 2 is 1.69 bits per heavy atom. The summed E-state index contributed by atoms with van der Waals surface area (Å²) in [6.07, 6.45) is 0. The van der Waals surface area contributed by atoms with Gasteiger partial charge in [0.25, 0.3) is 0 Å². The Morgan fingerprint density at radius 1 is 1.00 bits per heavy atom. The van der Waals surface area contributed by atoms with Gasteiger partial charge in [-0.2, -0.15) is 0 Å². The number of hydrogen-bond acceptors (Lipinski definition) is 1. The Balaban J connectivity index is 0.00000144. The maximum absolute atomic E-state index is 2.17. The van der Waals surface area contributed by atoms with Gasteiger partial charge in [-0.3, -0.25) is 0 Å². The van der Waals surface area contributed by atoms with E-state index in [2.05, 4.69) is 50.4 Å². The molecule has 1 rings (SSSR count). The molecule has 0 bridgehead atoms. The number of rotatable bonds is 0. The third-order valence-corrected chi connectivity index (χ3v) is 2.96. The summed E-state index contributed by atoms with van der Waals surface area (Å²) in [6.45, 7) is 6.48. The zero-order valence-electron chi connectivity index (χ0n) is 8.29. The summed E-state index contributed by atoms with van der Waals surface area (Å²) < 4.78 is 0. The lowest BCUT2D eigenvalue weighted by atomic mass is 10.2. The van der Waals surface area contributed by atoms with E-state index in [-0.39, 0.29) is 5.48 Å². The largest absolute Gasteiger partial charge is 0.412 e. The zero-order chi connectivity index (χ0) is 8.97. The van der Waals surface area contributed by atoms with E-state index >= 15 is 0 Å². The lowest BCUT2D eigenvalue weighted by molar-refractivity contribution is 0.824. The summed E-state index contributed by atoms with van der Waals surface area (Å²) >= 11 is 1.78. The highest BCUT2D eigenvalue weighted by atomic mass is 32.1. The number of aryl methyl sites for hydroxylation is 2. The van der Waals surface area contributed by atoms with E-state index in [4.69, 9.17) is 0 Å². The van der Waals surface area contributed by atoms with Crippen LogP contribution in [0.25, 0.3) is 0 Å². The first-order chi connectivity index (χ1) is 5.72. The van der Waals surface area contributed by atoms with Crippen LogP contribution in [0.15, 0.2) is 29.6 Å². The fourth-order valence-electron chi connectivity index (χ4n) is 0.942. The normalized spacial score (nSPS) is 8.54. The van der Waals surface area contributed by atoms with E-state index in [0.717, 1.165) is 0 Å². The summed E-state index contributed by atoms with van der Waals surface area (Å²) in [5.41, 5.74) is 2.73. The Morgan fingerprint density at radius 3 is 2.38 bits per heavy atom. The van der Waals surface area contributed by atoms with Gasteiger partial charge in [-0.1, -0.05) is 24.3 Å². The second-order valence-corrected chi connectivity index (χ2v) is 3.98. The van der Waals surface area contributed by atoms with Gasteiger partial charge < -0.3 is 5.48 Å². The van der Waals surface area contributed by atoms with Gasteiger partial charge in [0.15, 0.2) is 0 Å². The number of hydrogen-bond donors (Lipinski definition) is 0. The van der Waals surface area contributed by atoms with Crippen LogP contribution in [-0.2, 0) is 0 Å². The first-order valence-corrected chi connectivity index (χ1v) is 4.94. The SMILES string of the molecule is Cc1cccccsc(C)c1C.O. The van der Waals surface area contributed by atoms with Gasteiger partial charge in [0.2, 0.25) is 0 Å². The van der Waals surface area contributed by atoms with Crippen LogP contribution in [0.4, 0.5) is 0 Å². The van der Waals surface area contributed by atoms with Gasteiger partial charge in [0.1, 0.15) is 0 Å². The highest BCUT2D eigenvalue weighted by molar-refractivity contribution is 7.09. The summed E-state index contributed by atoms with van der Waals surface area (Å²) in [5, 5.41) is 2.11. The van der Waals surface area contributed by atoms with Crippen LogP contribution in [0.1, 0.15) is 16.0 Å². The average molecular weight is 196 g/mol. The van der Waals surface area contributed by atoms with Crippen molar-refractivity contribution in [2.45, 2.75) is 20.8 Å². The van der Waals surface area contributed by atoms with Gasteiger partial charge in [-0.15, -0.1) is 11.3 Å². The third kappa shape index (κ3) is 3.57. The minimum Gasteiger partial charge on any atom is -0.412 e. The monoisotopic (exact) mass is 196 g/mol. The standard InChI is InChI=1S/C11H14S.H2O/c1-9-7-5-4-6-8-12-11(3)10(9)2;/h4-8H,1-3H3;1H2. The molecule has 0 atom stereocenters. The van der Waals surface area contributed by atoms with Crippen LogP contribution in [0, 0.1) is 20.8 Å². The van der Waals surface area contributed by atoms with Crippen molar-refractivity contribution in [3.05, 3.63) is 45.6 Å². The second kappa shape index (κ2) is 5.73. The van der Waals surface area contributed by atoms with Crippen molar-refractivity contribution in [2.24, 2.45) is 0 Å². The van der Waals surface area contributed by atoms with Crippen molar-refractivity contribution in [2.75, 3.05) is 0 Å². The summed E-state index contributed by atoms with van der Waals surface area (Å²) in [7, 11) is 0. The first kappa shape index (κ1) is 12.1. The summed E-state index contributed by atoms with van der Waals surface area (Å²) in [6, 6.07) is 8.35. The Hall–Kier alpha value is -0.860. The van der Waals surface area contributed by atoms with Crippen LogP contribution < -0.4 is 0 Å². The van der Waals surface area contributed by atoms with E-state index in [1.54, 1.807) is 11.3 Å². The minimum absolute atomic E-state index is 0. The fraction of sp³-hybridized carbons (Fsp3) is 0.273. The molecule has 0 aliphatic rings. The highest BCUT2D eigenvalue weighted by Crippen LogP contribution is 2.11. The van der Waals surface area contributed by atoms with Crippen LogP contribution >= 0.6 is 11.3 Å². The van der Waals surface area contributed by atoms with E-state index in [1.807, 2.05) is 0 Å². The predicted octanol–water partition coefficient (Wildman–Crippen LogP) is 2.97. The molecule has 72 valence electrons. The predicted molar refractivity (Wildman–Crippen MR) is 59.8 cm³/mol. The molecule has 0 aliphatic carbocycles. The van der Waals surface area contributed by atoms with Gasteiger partial charge in [0, 0.05) is 4.88 Å². The topological polar surface area (TPSA) is 31.5 Å². The summed E-state index contributed by atoms with van der Waals surface area (Å²) in [4.78, 5) is 1.38. The fourth-order valence-corrected chi connectivity index (χ4v) is 1.65. The third-order valence-electron chi connectivity index (χ3n) is 2.01. The quantitative estimate of drug-likeness (QED) is 0.611. The molecule has 0 saturated carbocycles. The summed E-state index contributed by atoms with van der Waals surface area (Å²) in [5.74, 6) is 0. The van der Waals surface area contributed by atoms with Gasteiger partial charge in [0.05, 0.1) is 0 Å². The van der Waals surface area contributed by atoms with Crippen molar-refractivity contribution in [3.8, 4) is 0 Å². The Kier molecular flexibility index (Phi) is 5.35. The molecule has 0 fully saturated rings. The smallest absolute Gasteiger partial charge is 0.00457 e. The molecule has 0 aliphatic heterocycles. The molecule has 0 radical (unpaired) electrons. The van der Waals surface area contributed by atoms with Crippen molar-refractivity contribution >= 4 is 11.3 Å². The molecule has 2 heteroatoms. The lowest BCUT2D eigenvalue weighted by Gasteiger charge is -1.95. The van der Waals surface area contributed by atoms with E-state index in [1.165, 1.54) is 16.0 Å². The Labute approximate surface area is 83.7 Å². The van der Waals surface area contributed by atoms with E-state index < -0.39 is 0 Å². The van der Waals surface area contributed by atoms with Gasteiger partial charge in [-0.05, 0) is 37.3 Å². The molecule has 1 aromatic heterocycles. The van der Waals surface area contributed by atoms with Crippen molar-refractivity contribution in [3.63, 3.8) is 0 Å².